The van der Waals surface area contributed by atoms with Gasteiger partial charge in [-0.3, -0.25) is 4.79 Å². The average molecular weight is 481 g/mol. The van der Waals surface area contributed by atoms with Crippen molar-refractivity contribution in [1.82, 2.24) is 9.97 Å². The molecule has 10 heteroatoms. The summed E-state index contributed by atoms with van der Waals surface area (Å²) in [5, 5.41) is 13.8. The molecular weight excluding hydrogens is 452 g/mol. The van der Waals surface area contributed by atoms with E-state index in [2.05, 4.69) is 15.3 Å². The molecule has 10 nitrogen and oxygen atoms in total. The van der Waals surface area contributed by atoms with Crippen molar-refractivity contribution in [2.24, 2.45) is 0 Å². The summed E-state index contributed by atoms with van der Waals surface area (Å²) in [5.74, 6) is 0.116. The Bertz CT molecular complexity index is 1150. The fraction of sp³-hybridized carbons (Fsp3) is 0.240. The molecule has 0 aliphatic heterocycles. The van der Waals surface area contributed by atoms with Crippen LogP contribution in [0.5, 0.6) is 17.2 Å². The number of benzene rings is 2. The lowest BCUT2D eigenvalue weighted by molar-refractivity contribution is 0.0307. The molecule has 0 saturated heterocycles. The van der Waals surface area contributed by atoms with Gasteiger partial charge in [-0.2, -0.15) is 0 Å². The summed E-state index contributed by atoms with van der Waals surface area (Å²) >= 11 is 0. The maximum absolute atomic E-state index is 12.7. The van der Waals surface area contributed by atoms with E-state index in [0.717, 1.165) is 16.9 Å². The van der Waals surface area contributed by atoms with Gasteiger partial charge in [0.1, 0.15) is 0 Å². The topological polar surface area (TPSA) is 115 Å². The second-order valence-electron chi connectivity index (χ2n) is 7.50. The second kappa shape index (κ2) is 12.4. The van der Waals surface area contributed by atoms with E-state index in [-0.39, 0.29) is 36.4 Å². The molecule has 35 heavy (non-hydrogen) atoms. The molecule has 0 unspecified atom stereocenters. The number of allylic oxidation sites excluding steroid dienone is 1. The van der Waals surface area contributed by atoms with Crippen LogP contribution in [0.4, 0.5) is 17.3 Å². The minimum Gasteiger partial charge on any atom is -0.504 e. The van der Waals surface area contributed by atoms with Crippen LogP contribution in [0.3, 0.4) is 0 Å². The maximum Gasteiger partial charge on any atom is 0.224 e. The molecule has 0 bridgehead atoms. The van der Waals surface area contributed by atoms with Crippen LogP contribution in [0.1, 0.15) is 15.9 Å². The van der Waals surface area contributed by atoms with Crippen molar-refractivity contribution in [1.29, 1.82) is 0 Å². The number of nitrogens with zero attached hydrogens (tertiary/aromatic N) is 3. The van der Waals surface area contributed by atoms with Gasteiger partial charge in [0.05, 0.1) is 23.6 Å². The molecule has 3 aromatic rings. The van der Waals surface area contributed by atoms with Crippen LogP contribution >= 0.6 is 0 Å². The summed E-state index contributed by atoms with van der Waals surface area (Å²) in [5.41, 5.74) is 2.47. The summed E-state index contributed by atoms with van der Waals surface area (Å²) in [6.45, 7) is -0.175. The molecular formula is C25H28N4O6. The van der Waals surface area contributed by atoms with Crippen LogP contribution in [-0.4, -0.2) is 62.8 Å². The molecule has 2 N–H and O–H groups in total. The zero-order valence-electron chi connectivity index (χ0n) is 20.0. The molecule has 0 spiro atoms. The lowest BCUT2D eigenvalue weighted by Gasteiger charge is -2.14. The van der Waals surface area contributed by atoms with Crippen molar-refractivity contribution in [3.8, 4) is 17.2 Å². The fourth-order valence-corrected chi connectivity index (χ4v) is 2.97. The maximum atomic E-state index is 12.7. The molecule has 2 aromatic carbocycles. The molecule has 0 aliphatic carbocycles. The summed E-state index contributed by atoms with van der Waals surface area (Å²) < 4.78 is 20.6. The number of aromatic hydroxyl groups is 1. The number of phenols is 1. The molecule has 1 heterocycles. The van der Waals surface area contributed by atoms with Gasteiger partial charge in [0.25, 0.3) is 0 Å². The highest BCUT2D eigenvalue weighted by molar-refractivity contribution is 6.09. The first kappa shape index (κ1) is 25.5. The highest BCUT2D eigenvalue weighted by atomic mass is 16.7. The third kappa shape index (κ3) is 6.92. The van der Waals surface area contributed by atoms with E-state index in [0.29, 0.717) is 5.95 Å². The Hall–Kier alpha value is -4.15. The number of nitrogens with one attached hydrogen (secondary N) is 1. The number of carbonyl (C=O) groups is 1. The van der Waals surface area contributed by atoms with E-state index in [1.54, 1.807) is 18.5 Å². The molecule has 3 rings (SSSR count). The minimum atomic E-state index is -0.400. The smallest absolute Gasteiger partial charge is 0.224 e. The van der Waals surface area contributed by atoms with Gasteiger partial charge in [0.15, 0.2) is 30.9 Å². The highest BCUT2D eigenvalue weighted by Crippen LogP contribution is 2.39. The van der Waals surface area contributed by atoms with E-state index in [9.17, 15) is 9.90 Å². The number of anilines is 3. The summed E-state index contributed by atoms with van der Waals surface area (Å²) in [6, 6.07) is 10.5. The van der Waals surface area contributed by atoms with Crippen molar-refractivity contribution in [3.05, 3.63) is 66.0 Å². The first-order valence-corrected chi connectivity index (χ1v) is 10.6. The summed E-state index contributed by atoms with van der Waals surface area (Å²) in [7, 11) is 6.67. The van der Waals surface area contributed by atoms with Crippen molar-refractivity contribution in [2.75, 3.05) is 52.1 Å². The highest BCUT2D eigenvalue weighted by Gasteiger charge is 2.19. The normalized spacial score (nSPS) is 10.9. The Morgan fingerprint density at radius 3 is 2.26 bits per heavy atom. The largest absolute Gasteiger partial charge is 0.504 e. The van der Waals surface area contributed by atoms with Gasteiger partial charge in [0.2, 0.25) is 11.7 Å². The number of rotatable bonds is 12. The van der Waals surface area contributed by atoms with Gasteiger partial charge in [-0.05, 0) is 35.9 Å². The van der Waals surface area contributed by atoms with Gasteiger partial charge in [-0.15, -0.1) is 0 Å². The van der Waals surface area contributed by atoms with E-state index < -0.39 is 5.78 Å². The Balaban J connectivity index is 1.69. The van der Waals surface area contributed by atoms with E-state index in [1.165, 1.54) is 32.4 Å². The SMILES string of the molecule is COCOc1ccc(C(=O)/C=C/c2ccc(Nc3cnc(N(C)C)nc3)cc2)c(O)c1OCOC. The average Bonchev–Trinajstić information content (AvgIpc) is 2.86. The van der Waals surface area contributed by atoms with Gasteiger partial charge in [-0.1, -0.05) is 18.2 Å². The third-order valence-electron chi connectivity index (χ3n) is 4.68. The van der Waals surface area contributed by atoms with Crippen molar-refractivity contribution < 1.29 is 28.8 Å². The summed E-state index contributed by atoms with van der Waals surface area (Å²) in [4.78, 5) is 23.1. The van der Waals surface area contributed by atoms with Crippen LogP contribution in [0.25, 0.3) is 6.08 Å². The molecule has 0 saturated carbocycles. The van der Waals surface area contributed by atoms with Gasteiger partial charge in [0, 0.05) is 34.0 Å². The molecule has 0 aliphatic rings. The molecule has 0 atom stereocenters. The molecule has 0 radical (unpaired) electrons. The number of hydrogen-bond acceptors (Lipinski definition) is 10. The quantitative estimate of drug-likeness (QED) is 0.225. The van der Waals surface area contributed by atoms with Crippen molar-refractivity contribution >= 4 is 29.2 Å². The monoisotopic (exact) mass is 480 g/mol. The standard InChI is InChI=1S/C25H28N4O6/c1-29(2)25-26-13-19(14-27-25)28-18-8-5-17(6-9-18)7-11-21(30)20-10-12-22(34-15-32-3)24(23(20)31)35-16-33-4/h5-14,28,31H,15-16H2,1-4H3/b11-7+. The number of carbonyl (C=O) groups excluding carboxylic acids is 1. The number of ether oxygens (including phenoxy) is 4. The number of phenolic OH excluding ortho intramolecular Hbond substituents is 1. The Morgan fingerprint density at radius 1 is 0.971 bits per heavy atom. The van der Waals surface area contributed by atoms with Crippen LogP contribution in [0.2, 0.25) is 0 Å². The molecule has 184 valence electrons. The summed E-state index contributed by atoms with van der Waals surface area (Å²) in [6.07, 6.45) is 6.45. The predicted octanol–water partition coefficient (Wildman–Crippen LogP) is 3.85. The second-order valence-corrected chi connectivity index (χ2v) is 7.50. The predicted molar refractivity (Wildman–Crippen MR) is 133 cm³/mol. The van der Waals surface area contributed by atoms with Crippen LogP contribution in [0.15, 0.2) is 54.9 Å². The van der Waals surface area contributed by atoms with Crippen molar-refractivity contribution in [3.63, 3.8) is 0 Å². The zero-order valence-corrected chi connectivity index (χ0v) is 20.0. The first-order valence-electron chi connectivity index (χ1n) is 10.6. The van der Waals surface area contributed by atoms with Crippen molar-refractivity contribution in [2.45, 2.75) is 0 Å². The Labute approximate surface area is 203 Å². The number of ketones is 1. The zero-order chi connectivity index (χ0) is 25.2. The number of methoxy groups -OCH3 is 2. The van der Waals surface area contributed by atoms with Gasteiger partial charge >= 0.3 is 0 Å². The van der Waals surface area contributed by atoms with Crippen LogP contribution in [0, 0.1) is 0 Å². The lowest BCUT2D eigenvalue weighted by atomic mass is 10.1. The van der Waals surface area contributed by atoms with Crippen LogP contribution in [-0.2, 0) is 9.47 Å². The molecule has 0 fully saturated rings. The number of hydrogen-bond donors (Lipinski definition) is 2. The van der Waals surface area contributed by atoms with E-state index >= 15 is 0 Å². The first-order chi connectivity index (χ1) is 16.9. The third-order valence-corrected chi connectivity index (χ3v) is 4.68. The molecule has 1 aromatic heterocycles. The van der Waals surface area contributed by atoms with Gasteiger partial charge in [-0.25, -0.2) is 9.97 Å². The fourth-order valence-electron chi connectivity index (χ4n) is 2.97. The Kier molecular flexibility index (Phi) is 8.99. The van der Waals surface area contributed by atoms with E-state index in [4.69, 9.17) is 18.9 Å². The minimum absolute atomic E-state index is 0.00108. The Morgan fingerprint density at radius 2 is 1.63 bits per heavy atom. The number of aromatic nitrogens is 2. The van der Waals surface area contributed by atoms with E-state index in [1.807, 2.05) is 43.3 Å². The van der Waals surface area contributed by atoms with Gasteiger partial charge < -0.3 is 34.3 Å². The lowest BCUT2D eigenvalue weighted by Crippen LogP contribution is -2.12. The molecule has 0 amide bonds. The van der Waals surface area contributed by atoms with Crippen LogP contribution < -0.4 is 19.7 Å².